The predicted octanol–water partition coefficient (Wildman–Crippen LogP) is 4.90. The number of hydrogen-bond acceptors (Lipinski definition) is 2. The highest BCUT2D eigenvalue weighted by molar-refractivity contribution is 5.80. The summed E-state index contributed by atoms with van der Waals surface area (Å²) >= 11 is 0. The highest BCUT2D eigenvalue weighted by atomic mass is 15.2. The Balaban J connectivity index is 1.77. The predicted molar refractivity (Wildman–Crippen MR) is 102 cm³/mol. The van der Waals surface area contributed by atoms with Gasteiger partial charge in [0.1, 0.15) is 5.82 Å². The number of fused-ring (bicyclic) bond motifs is 4. The van der Waals surface area contributed by atoms with Crippen LogP contribution in [0.2, 0.25) is 0 Å². The lowest BCUT2D eigenvalue weighted by Crippen LogP contribution is -2.36. The van der Waals surface area contributed by atoms with Crippen molar-refractivity contribution in [3.05, 3.63) is 71.3 Å². The third-order valence-corrected chi connectivity index (χ3v) is 5.96. The van der Waals surface area contributed by atoms with Crippen molar-refractivity contribution in [2.75, 3.05) is 4.90 Å². The van der Waals surface area contributed by atoms with Gasteiger partial charge in [0.05, 0.1) is 11.4 Å². The Labute approximate surface area is 153 Å². The molecule has 126 valence electrons. The first-order valence-electron chi connectivity index (χ1n) is 10.3. The van der Waals surface area contributed by atoms with Crippen LogP contribution in [-0.2, 0) is 11.8 Å². The van der Waals surface area contributed by atoms with Crippen LogP contribution in [0.25, 0.3) is 5.69 Å². The SMILES string of the molecule is [2H]C([2H])([2H])C1(C)c2ccccc2N(c2c(C)ccc3c2Cc2nccn2-3)C1C. The molecule has 0 N–H and O–H groups in total. The van der Waals surface area contributed by atoms with Crippen molar-refractivity contribution in [3.8, 4) is 5.69 Å². The highest BCUT2D eigenvalue weighted by Gasteiger charge is 2.43. The van der Waals surface area contributed by atoms with Gasteiger partial charge < -0.3 is 9.47 Å². The zero-order valence-electron chi connectivity index (χ0n) is 17.7. The molecule has 2 aromatic carbocycles. The Kier molecular flexibility index (Phi) is 2.26. The molecule has 2 aliphatic rings. The van der Waals surface area contributed by atoms with Gasteiger partial charge in [0.25, 0.3) is 0 Å². The second-order valence-electron chi connectivity index (χ2n) is 7.38. The van der Waals surface area contributed by atoms with Crippen molar-refractivity contribution in [1.29, 1.82) is 0 Å². The van der Waals surface area contributed by atoms with Crippen molar-refractivity contribution in [1.82, 2.24) is 9.55 Å². The zero-order valence-corrected chi connectivity index (χ0v) is 14.7. The van der Waals surface area contributed by atoms with Crippen LogP contribution in [0.15, 0.2) is 48.8 Å². The topological polar surface area (TPSA) is 21.1 Å². The Morgan fingerprint density at radius 3 is 2.88 bits per heavy atom. The van der Waals surface area contributed by atoms with Crippen LogP contribution < -0.4 is 4.90 Å². The van der Waals surface area contributed by atoms with Crippen molar-refractivity contribution in [3.63, 3.8) is 0 Å². The van der Waals surface area contributed by atoms with Gasteiger partial charge in [-0.1, -0.05) is 38.0 Å². The Bertz CT molecular complexity index is 1100. The molecule has 0 amide bonds. The summed E-state index contributed by atoms with van der Waals surface area (Å²) in [6.07, 6.45) is 4.58. The fourth-order valence-corrected chi connectivity index (χ4v) is 4.45. The van der Waals surface area contributed by atoms with Gasteiger partial charge in [-0.2, -0.15) is 0 Å². The van der Waals surface area contributed by atoms with Gasteiger partial charge in [-0.25, -0.2) is 4.98 Å². The number of para-hydroxylation sites is 1. The van der Waals surface area contributed by atoms with E-state index in [9.17, 15) is 0 Å². The average molecular weight is 332 g/mol. The Morgan fingerprint density at radius 2 is 2.04 bits per heavy atom. The van der Waals surface area contributed by atoms with Crippen molar-refractivity contribution in [2.45, 2.75) is 45.5 Å². The third-order valence-electron chi connectivity index (χ3n) is 5.96. The van der Waals surface area contributed by atoms with Crippen LogP contribution in [-0.4, -0.2) is 15.6 Å². The number of aryl methyl sites for hydroxylation is 1. The maximum atomic E-state index is 8.32. The van der Waals surface area contributed by atoms with Crippen molar-refractivity contribution >= 4 is 11.4 Å². The van der Waals surface area contributed by atoms with E-state index in [0.29, 0.717) is 0 Å². The monoisotopic (exact) mass is 332 g/mol. The molecule has 0 saturated carbocycles. The van der Waals surface area contributed by atoms with E-state index >= 15 is 0 Å². The van der Waals surface area contributed by atoms with Crippen LogP contribution in [0.5, 0.6) is 0 Å². The number of rotatable bonds is 1. The maximum absolute atomic E-state index is 8.32. The number of aromatic nitrogens is 2. The van der Waals surface area contributed by atoms with Crippen LogP contribution in [0.3, 0.4) is 0 Å². The summed E-state index contributed by atoms with van der Waals surface area (Å²) in [7, 11) is 0. The molecule has 0 spiro atoms. The molecule has 0 bridgehead atoms. The molecule has 0 saturated heterocycles. The lowest BCUT2D eigenvalue weighted by molar-refractivity contribution is 0.461. The minimum Gasteiger partial charge on any atom is -0.337 e. The van der Waals surface area contributed by atoms with Gasteiger partial charge in [0.2, 0.25) is 0 Å². The van der Waals surface area contributed by atoms with E-state index in [1.807, 2.05) is 44.4 Å². The third kappa shape index (κ3) is 1.78. The first-order valence-corrected chi connectivity index (χ1v) is 8.79. The fraction of sp³-hybridized carbons (Fsp3) is 0.318. The number of anilines is 2. The van der Waals surface area contributed by atoms with E-state index in [2.05, 4.69) is 39.6 Å². The van der Waals surface area contributed by atoms with Gasteiger partial charge in [0.15, 0.2) is 0 Å². The molecular weight excluding hydrogens is 306 g/mol. The first-order chi connectivity index (χ1) is 13.2. The van der Waals surface area contributed by atoms with E-state index < -0.39 is 12.3 Å². The van der Waals surface area contributed by atoms with Gasteiger partial charge in [0, 0.05) is 45.6 Å². The van der Waals surface area contributed by atoms with Gasteiger partial charge in [-0.05, 0) is 37.1 Å². The van der Waals surface area contributed by atoms with Gasteiger partial charge >= 0.3 is 0 Å². The summed E-state index contributed by atoms with van der Waals surface area (Å²) < 4.78 is 27.1. The minimum absolute atomic E-state index is 0.199. The lowest BCUT2D eigenvalue weighted by atomic mass is 9.81. The summed E-state index contributed by atoms with van der Waals surface area (Å²) in [5.41, 5.74) is 5.59. The molecule has 25 heavy (non-hydrogen) atoms. The summed E-state index contributed by atoms with van der Waals surface area (Å²) in [4.78, 5) is 6.75. The number of nitrogens with zero attached hydrogens (tertiary/aromatic N) is 3. The van der Waals surface area contributed by atoms with Crippen molar-refractivity contribution in [2.24, 2.45) is 0 Å². The van der Waals surface area contributed by atoms with Gasteiger partial charge in [-0.15, -0.1) is 0 Å². The lowest BCUT2D eigenvalue weighted by Gasteiger charge is -2.34. The van der Waals surface area contributed by atoms with E-state index in [-0.39, 0.29) is 6.04 Å². The Morgan fingerprint density at radius 1 is 1.20 bits per heavy atom. The van der Waals surface area contributed by atoms with Crippen LogP contribution in [0.4, 0.5) is 11.4 Å². The molecule has 3 heterocycles. The first kappa shape index (κ1) is 11.9. The Hall–Kier alpha value is -2.55. The normalized spacial score (nSPS) is 25.8. The number of imidazole rings is 1. The van der Waals surface area contributed by atoms with E-state index in [0.717, 1.165) is 40.4 Å². The average Bonchev–Trinajstić information content (AvgIpc) is 3.28. The molecule has 3 heteroatoms. The molecule has 2 atom stereocenters. The minimum atomic E-state index is -2.10. The number of hydrogen-bond donors (Lipinski definition) is 0. The molecule has 2 unspecified atom stereocenters. The molecular formula is C22H23N3. The van der Waals surface area contributed by atoms with Crippen LogP contribution in [0, 0.1) is 6.92 Å². The molecule has 1 aromatic heterocycles. The standard InChI is InChI=1S/C22H23N3/c1-14-9-10-18-16(13-20-23-11-12-24(18)20)21(14)25-15(2)22(3,4)17-7-5-6-8-19(17)25/h5-12,15H,13H2,1-4H3/i3D3. The quantitative estimate of drug-likeness (QED) is 0.494. The van der Waals surface area contributed by atoms with Crippen molar-refractivity contribution < 1.29 is 4.11 Å². The summed E-state index contributed by atoms with van der Waals surface area (Å²) in [5.74, 6) is 1.03. The molecule has 3 nitrogen and oxygen atoms in total. The second-order valence-corrected chi connectivity index (χ2v) is 7.38. The highest BCUT2D eigenvalue weighted by Crippen LogP contribution is 2.51. The van der Waals surface area contributed by atoms with E-state index in [1.54, 1.807) is 0 Å². The molecule has 0 fully saturated rings. The fourth-order valence-electron chi connectivity index (χ4n) is 4.45. The molecule has 3 aromatic rings. The molecule has 0 aliphatic carbocycles. The second kappa shape index (κ2) is 4.75. The van der Waals surface area contributed by atoms with E-state index in [4.69, 9.17) is 4.11 Å². The number of benzene rings is 2. The zero-order chi connectivity index (χ0) is 19.8. The van der Waals surface area contributed by atoms with Crippen LogP contribution in [0.1, 0.15) is 47.3 Å². The summed E-state index contributed by atoms with van der Waals surface area (Å²) in [6, 6.07) is 12.0. The largest absolute Gasteiger partial charge is 0.337 e. The molecule has 0 radical (unpaired) electrons. The molecule has 2 aliphatic heterocycles. The summed E-state index contributed by atoms with van der Waals surface area (Å²) in [6.45, 7) is 3.93. The van der Waals surface area contributed by atoms with E-state index in [1.165, 1.54) is 5.56 Å². The molecule has 5 rings (SSSR count). The maximum Gasteiger partial charge on any atom is 0.117 e. The van der Waals surface area contributed by atoms with Gasteiger partial charge in [-0.3, -0.25) is 0 Å². The summed E-state index contributed by atoms with van der Waals surface area (Å²) in [5, 5.41) is 0. The van der Waals surface area contributed by atoms with Crippen LogP contribution >= 0.6 is 0 Å². The smallest absolute Gasteiger partial charge is 0.117 e.